The van der Waals surface area contributed by atoms with Gasteiger partial charge >= 0.3 is 0 Å². The first-order valence-corrected chi connectivity index (χ1v) is 14.9. The Balaban J connectivity index is 1.26. The highest BCUT2D eigenvalue weighted by molar-refractivity contribution is 6.09. The minimum atomic E-state index is -0.172. The molecule has 0 unspecified atom stereocenters. The number of aromatic nitrogens is 1. The molecule has 0 radical (unpaired) electrons. The number of rotatable bonds is 2. The summed E-state index contributed by atoms with van der Waals surface area (Å²) in [4.78, 5) is 27.6. The lowest BCUT2D eigenvalue weighted by atomic mass is 9.95. The Morgan fingerprint density at radius 2 is 0.978 bits per heavy atom. The monoisotopic (exact) mass is 583 g/mol. The molecule has 0 aliphatic rings. The molecular weight excluding hydrogens is 558 g/mol. The van der Waals surface area contributed by atoms with E-state index in [0.717, 1.165) is 49.7 Å². The first-order valence-electron chi connectivity index (χ1n) is 14.9. The molecule has 6 aromatic carbocycles. The number of hydrogen-bond donors (Lipinski definition) is 0. The number of para-hydroxylation sites is 2. The van der Waals surface area contributed by atoms with Gasteiger partial charge in [-0.3, -0.25) is 9.59 Å². The molecule has 0 aliphatic carbocycles. The van der Waals surface area contributed by atoms with Gasteiger partial charge in [-0.15, -0.1) is 0 Å². The molecule has 5 heteroatoms. The van der Waals surface area contributed by atoms with Crippen LogP contribution in [0.1, 0.15) is 11.1 Å². The lowest BCUT2D eigenvalue weighted by molar-refractivity contribution is 0.652. The summed E-state index contributed by atoms with van der Waals surface area (Å²) in [5.74, 6) is 0. The van der Waals surface area contributed by atoms with Crippen molar-refractivity contribution in [2.24, 2.45) is 0 Å². The molecule has 9 aromatic rings. The van der Waals surface area contributed by atoms with E-state index in [0.29, 0.717) is 43.9 Å². The topological polar surface area (TPSA) is 65.3 Å². The molecule has 214 valence electrons. The van der Waals surface area contributed by atoms with E-state index >= 15 is 0 Å². The van der Waals surface area contributed by atoms with Crippen molar-refractivity contribution in [2.45, 2.75) is 13.8 Å². The van der Waals surface area contributed by atoms with Gasteiger partial charge in [-0.25, -0.2) is 0 Å². The highest BCUT2D eigenvalue weighted by Gasteiger charge is 2.17. The van der Waals surface area contributed by atoms with Gasteiger partial charge < -0.3 is 13.4 Å². The molecule has 9 rings (SSSR count). The van der Waals surface area contributed by atoms with Crippen molar-refractivity contribution in [3.8, 4) is 16.8 Å². The quantitative estimate of drug-likeness (QED) is 0.190. The highest BCUT2D eigenvalue weighted by atomic mass is 16.3. The number of nitrogens with zero attached hydrogens (tertiary/aromatic N) is 1. The predicted molar refractivity (Wildman–Crippen MR) is 183 cm³/mol. The molecule has 0 amide bonds. The maximum Gasteiger partial charge on any atom is 0.200 e. The summed E-state index contributed by atoms with van der Waals surface area (Å²) in [6.45, 7) is 4.15. The van der Waals surface area contributed by atoms with Gasteiger partial charge in [0.05, 0.1) is 32.6 Å². The molecule has 0 saturated carbocycles. The molecular formula is C40H25NO4. The maximum atomic E-state index is 13.8. The lowest BCUT2D eigenvalue weighted by Gasteiger charge is -2.11. The van der Waals surface area contributed by atoms with Gasteiger partial charge in [-0.2, -0.15) is 0 Å². The fourth-order valence-electron chi connectivity index (χ4n) is 6.95. The van der Waals surface area contributed by atoms with E-state index in [-0.39, 0.29) is 10.9 Å². The Morgan fingerprint density at radius 1 is 0.467 bits per heavy atom. The molecule has 5 nitrogen and oxygen atoms in total. The van der Waals surface area contributed by atoms with Crippen molar-refractivity contribution < 1.29 is 8.83 Å². The Kier molecular flexibility index (Phi) is 5.27. The zero-order chi connectivity index (χ0) is 30.4. The van der Waals surface area contributed by atoms with Gasteiger partial charge in [0, 0.05) is 22.5 Å². The molecule has 0 atom stereocenters. The van der Waals surface area contributed by atoms with E-state index in [1.54, 1.807) is 12.1 Å². The van der Waals surface area contributed by atoms with Crippen molar-refractivity contribution in [2.75, 3.05) is 0 Å². The van der Waals surface area contributed by atoms with Crippen LogP contribution in [0.25, 0.3) is 82.5 Å². The third kappa shape index (κ3) is 3.67. The van der Waals surface area contributed by atoms with Crippen LogP contribution in [0.4, 0.5) is 0 Å². The van der Waals surface area contributed by atoms with Gasteiger partial charge in [0.1, 0.15) is 22.3 Å². The number of benzene rings is 6. The van der Waals surface area contributed by atoms with Gasteiger partial charge in [0.2, 0.25) is 10.9 Å². The first-order chi connectivity index (χ1) is 22.0. The molecule has 3 heterocycles. The summed E-state index contributed by atoms with van der Waals surface area (Å²) in [7, 11) is 0. The normalized spacial score (nSPS) is 12.0. The maximum absolute atomic E-state index is 13.8. The molecule has 0 aliphatic heterocycles. The molecule has 0 fully saturated rings. The Bertz CT molecular complexity index is 2760. The van der Waals surface area contributed by atoms with Crippen LogP contribution in [0.3, 0.4) is 0 Å². The summed E-state index contributed by atoms with van der Waals surface area (Å²) >= 11 is 0. The Morgan fingerprint density at radius 3 is 1.58 bits per heavy atom. The van der Waals surface area contributed by atoms with Crippen molar-refractivity contribution in [1.82, 2.24) is 4.57 Å². The average molecular weight is 584 g/mol. The lowest BCUT2D eigenvalue weighted by Crippen LogP contribution is -2.06. The highest BCUT2D eigenvalue weighted by Crippen LogP contribution is 2.34. The third-order valence-electron chi connectivity index (χ3n) is 9.05. The molecule has 45 heavy (non-hydrogen) atoms. The summed E-state index contributed by atoms with van der Waals surface area (Å²) in [6, 6.07) is 37.4. The predicted octanol–water partition coefficient (Wildman–Crippen LogP) is 9.59. The molecule has 0 saturated heterocycles. The second-order valence-corrected chi connectivity index (χ2v) is 11.7. The van der Waals surface area contributed by atoms with Crippen LogP contribution < -0.4 is 10.9 Å². The van der Waals surface area contributed by atoms with E-state index < -0.39 is 0 Å². The third-order valence-corrected chi connectivity index (χ3v) is 9.05. The van der Waals surface area contributed by atoms with Crippen LogP contribution >= 0.6 is 0 Å². The summed E-state index contributed by atoms with van der Waals surface area (Å²) in [5.41, 5.74) is 8.70. The SMILES string of the molecule is Cc1cccc(C)c1-c1ccc2c(=O)c3cc4oc5cc(-n6c7ccccc7c7ccccc76)ccc5c(=O)c4cc3oc2c1. The smallest absolute Gasteiger partial charge is 0.200 e. The minimum absolute atomic E-state index is 0.164. The minimum Gasteiger partial charge on any atom is -0.456 e. The standard InChI is InChI=1S/C40H25NO4/c1-22-8-7-9-23(2)38(22)24-14-16-28-34(18-24)44-36-20-31-37(21-30(36)39(28)42)45-35-19-25(15-17-29(35)40(31)43)41-32-12-5-3-10-26(32)27-11-4-6-13-33(27)41/h3-21H,1-2H3. The fourth-order valence-corrected chi connectivity index (χ4v) is 6.95. The average Bonchev–Trinajstić information content (AvgIpc) is 3.39. The zero-order valence-corrected chi connectivity index (χ0v) is 24.5. The van der Waals surface area contributed by atoms with Crippen molar-refractivity contribution in [1.29, 1.82) is 0 Å². The summed E-state index contributed by atoms with van der Waals surface area (Å²) in [6.07, 6.45) is 0. The van der Waals surface area contributed by atoms with E-state index in [2.05, 4.69) is 54.8 Å². The van der Waals surface area contributed by atoms with Crippen molar-refractivity contribution in [3.63, 3.8) is 0 Å². The number of hydrogen-bond acceptors (Lipinski definition) is 4. The van der Waals surface area contributed by atoms with E-state index in [1.165, 1.54) is 0 Å². The second kappa shape index (κ2) is 9.28. The Labute approximate surface area is 256 Å². The van der Waals surface area contributed by atoms with Crippen LogP contribution in [-0.2, 0) is 0 Å². The van der Waals surface area contributed by atoms with Crippen LogP contribution in [-0.4, -0.2) is 4.57 Å². The van der Waals surface area contributed by atoms with E-state index in [4.69, 9.17) is 8.83 Å². The zero-order valence-electron chi connectivity index (χ0n) is 24.5. The van der Waals surface area contributed by atoms with Gasteiger partial charge in [-0.05, 0) is 84.6 Å². The van der Waals surface area contributed by atoms with E-state index in [9.17, 15) is 9.59 Å². The fraction of sp³-hybridized carbons (Fsp3) is 0.0500. The van der Waals surface area contributed by atoms with Gasteiger partial charge in [-0.1, -0.05) is 60.7 Å². The van der Waals surface area contributed by atoms with Crippen LogP contribution in [0, 0.1) is 13.8 Å². The molecule has 0 bridgehead atoms. The van der Waals surface area contributed by atoms with Crippen LogP contribution in [0.15, 0.2) is 134 Å². The molecule has 3 aromatic heterocycles. The number of aryl methyl sites for hydroxylation is 2. The second-order valence-electron chi connectivity index (χ2n) is 11.7. The Hall–Kier alpha value is -5.94. The summed E-state index contributed by atoms with van der Waals surface area (Å²) in [5, 5.41) is 3.99. The van der Waals surface area contributed by atoms with Gasteiger partial charge in [0.25, 0.3) is 0 Å². The summed E-state index contributed by atoms with van der Waals surface area (Å²) < 4.78 is 14.9. The molecule has 0 N–H and O–H groups in total. The van der Waals surface area contributed by atoms with E-state index in [1.807, 2.05) is 66.7 Å². The van der Waals surface area contributed by atoms with Crippen LogP contribution in [0.2, 0.25) is 0 Å². The first kappa shape index (κ1) is 25.5. The molecule has 0 spiro atoms. The van der Waals surface area contributed by atoms with Gasteiger partial charge in [0.15, 0.2) is 0 Å². The largest absolute Gasteiger partial charge is 0.456 e. The van der Waals surface area contributed by atoms with Crippen molar-refractivity contribution >= 4 is 65.7 Å². The van der Waals surface area contributed by atoms with Crippen molar-refractivity contribution in [3.05, 3.63) is 147 Å². The number of fused-ring (bicyclic) bond motifs is 7. The van der Waals surface area contributed by atoms with Crippen LogP contribution in [0.5, 0.6) is 0 Å².